The highest BCUT2D eigenvalue weighted by Crippen LogP contribution is 2.19. The molecule has 1 N–H and O–H groups in total. The van der Waals surface area contributed by atoms with Crippen LogP contribution >= 0.6 is 11.3 Å². The highest BCUT2D eigenvalue weighted by Gasteiger charge is 2.14. The molecule has 0 saturated carbocycles. The number of carbonyl (C=O) groups excluding carboxylic acids is 1. The first-order valence-corrected chi connectivity index (χ1v) is 6.89. The lowest BCUT2D eigenvalue weighted by atomic mass is 10.2. The Morgan fingerprint density at radius 3 is 3.00 bits per heavy atom. The van der Waals surface area contributed by atoms with Crippen LogP contribution in [-0.4, -0.2) is 36.2 Å². The van der Waals surface area contributed by atoms with Gasteiger partial charge in [0.05, 0.1) is 12.3 Å². The van der Waals surface area contributed by atoms with Crippen molar-refractivity contribution in [2.45, 2.75) is 6.92 Å². The quantitative estimate of drug-likeness (QED) is 0.826. The van der Waals surface area contributed by atoms with E-state index in [1.54, 1.807) is 25.4 Å². The summed E-state index contributed by atoms with van der Waals surface area (Å²) in [4.78, 5) is 20.4. The lowest BCUT2D eigenvalue weighted by Gasteiger charge is -2.09. The minimum atomic E-state index is -0.292. The number of rotatable bonds is 6. The smallest absolute Gasteiger partial charge is 0.262 e. The van der Waals surface area contributed by atoms with E-state index in [1.807, 2.05) is 12.3 Å². The number of ether oxygens (including phenoxy) is 2. The monoisotopic (exact) mass is 293 g/mol. The molecule has 0 aliphatic carbocycles. The molecule has 0 aliphatic heterocycles. The number of pyridine rings is 1. The van der Waals surface area contributed by atoms with Crippen molar-refractivity contribution in [2.24, 2.45) is 0 Å². The van der Waals surface area contributed by atoms with Gasteiger partial charge in [-0.2, -0.15) is 0 Å². The van der Waals surface area contributed by atoms with Gasteiger partial charge in [-0.25, -0.2) is 9.97 Å². The van der Waals surface area contributed by atoms with E-state index in [0.717, 1.165) is 5.69 Å². The van der Waals surface area contributed by atoms with E-state index in [-0.39, 0.29) is 11.8 Å². The molecule has 0 spiro atoms. The highest BCUT2D eigenvalue weighted by molar-refractivity contribution is 7.13. The summed E-state index contributed by atoms with van der Waals surface area (Å²) in [6.45, 7) is 2.64. The summed E-state index contributed by atoms with van der Waals surface area (Å²) >= 11 is 1.38. The van der Waals surface area contributed by atoms with Gasteiger partial charge in [0.15, 0.2) is 5.13 Å². The number of aryl methyl sites for hydroxylation is 1. The van der Waals surface area contributed by atoms with Gasteiger partial charge >= 0.3 is 0 Å². The zero-order chi connectivity index (χ0) is 14.4. The molecule has 2 aromatic rings. The maximum Gasteiger partial charge on any atom is 0.262 e. The van der Waals surface area contributed by atoms with Gasteiger partial charge in [0, 0.05) is 18.7 Å². The predicted octanol–water partition coefficient (Wildman–Crippen LogP) is 2.12. The average Bonchev–Trinajstić information content (AvgIpc) is 2.85. The first kappa shape index (κ1) is 14.4. The van der Waals surface area contributed by atoms with Gasteiger partial charge in [-0.3, -0.25) is 10.1 Å². The zero-order valence-corrected chi connectivity index (χ0v) is 12.1. The molecule has 20 heavy (non-hydrogen) atoms. The van der Waals surface area contributed by atoms with Gasteiger partial charge in [-0.1, -0.05) is 0 Å². The van der Waals surface area contributed by atoms with Crippen LogP contribution in [0.25, 0.3) is 0 Å². The van der Waals surface area contributed by atoms with Crippen molar-refractivity contribution in [3.05, 3.63) is 35.0 Å². The Bertz CT molecular complexity index is 586. The van der Waals surface area contributed by atoms with Crippen molar-refractivity contribution >= 4 is 22.4 Å². The van der Waals surface area contributed by atoms with Crippen LogP contribution in [-0.2, 0) is 4.74 Å². The van der Waals surface area contributed by atoms with Crippen molar-refractivity contribution in [1.29, 1.82) is 0 Å². The molecule has 0 unspecified atom stereocenters. The molecule has 0 aliphatic rings. The maximum atomic E-state index is 12.2. The molecule has 7 heteroatoms. The highest BCUT2D eigenvalue weighted by atomic mass is 32.1. The van der Waals surface area contributed by atoms with E-state index in [4.69, 9.17) is 9.47 Å². The molecule has 0 radical (unpaired) electrons. The van der Waals surface area contributed by atoms with Crippen LogP contribution in [0.5, 0.6) is 5.88 Å². The van der Waals surface area contributed by atoms with Crippen LogP contribution < -0.4 is 10.1 Å². The molecule has 0 bridgehead atoms. The van der Waals surface area contributed by atoms with Gasteiger partial charge in [0.2, 0.25) is 5.88 Å². The third-order valence-electron chi connectivity index (χ3n) is 2.38. The Labute approximate surface area is 120 Å². The maximum absolute atomic E-state index is 12.2. The normalized spacial score (nSPS) is 10.3. The van der Waals surface area contributed by atoms with Crippen molar-refractivity contribution in [3.63, 3.8) is 0 Å². The lowest BCUT2D eigenvalue weighted by Crippen LogP contribution is -2.15. The van der Waals surface area contributed by atoms with E-state index in [9.17, 15) is 4.79 Å². The summed E-state index contributed by atoms with van der Waals surface area (Å²) < 4.78 is 10.3. The summed E-state index contributed by atoms with van der Waals surface area (Å²) in [5, 5.41) is 5.15. The molecule has 1 amide bonds. The topological polar surface area (TPSA) is 73.3 Å². The first-order valence-electron chi connectivity index (χ1n) is 6.01. The summed E-state index contributed by atoms with van der Waals surface area (Å²) in [5.41, 5.74) is 1.24. The fraction of sp³-hybridized carbons (Fsp3) is 0.308. The molecule has 2 rings (SSSR count). The summed E-state index contributed by atoms with van der Waals surface area (Å²) in [6, 6.07) is 3.34. The predicted molar refractivity (Wildman–Crippen MR) is 76.4 cm³/mol. The summed E-state index contributed by atoms with van der Waals surface area (Å²) in [6.07, 6.45) is 1.58. The Kier molecular flexibility index (Phi) is 5.03. The van der Waals surface area contributed by atoms with Gasteiger partial charge in [-0.15, -0.1) is 11.3 Å². The molecule has 0 fully saturated rings. The number of carbonyl (C=O) groups is 1. The van der Waals surface area contributed by atoms with Crippen LogP contribution in [0.2, 0.25) is 0 Å². The number of hydrogen-bond donors (Lipinski definition) is 1. The second-order valence-corrected chi connectivity index (χ2v) is 4.80. The fourth-order valence-corrected chi connectivity index (χ4v) is 2.16. The third kappa shape index (κ3) is 3.75. The van der Waals surface area contributed by atoms with Crippen molar-refractivity contribution in [1.82, 2.24) is 9.97 Å². The van der Waals surface area contributed by atoms with E-state index < -0.39 is 0 Å². The van der Waals surface area contributed by atoms with Crippen LogP contribution in [0.3, 0.4) is 0 Å². The Morgan fingerprint density at radius 1 is 1.45 bits per heavy atom. The molecule has 0 atom stereocenters. The second kappa shape index (κ2) is 6.97. The standard InChI is InChI=1S/C13H15N3O3S/c1-9-8-20-13(15-9)16-11(17)10-4-3-5-14-12(10)19-7-6-18-2/h3-5,8H,6-7H2,1-2H3,(H,15,16,17). The molecular weight excluding hydrogens is 278 g/mol. The van der Waals surface area contributed by atoms with Crippen molar-refractivity contribution in [2.75, 3.05) is 25.6 Å². The first-order chi connectivity index (χ1) is 9.70. The van der Waals surface area contributed by atoms with E-state index >= 15 is 0 Å². The Morgan fingerprint density at radius 2 is 2.30 bits per heavy atom. The molecule has 2 aromatic heterocycles. The minimum Gasteiger partial charge on any atom is -0.475 e. The zero-order valence-electron chi connectivity index (χ0n) is 11.3. The van der Waals surface area contributed by atoms with Gasteiger partial charge in [0.1, 0.15) is 12.2 Å². The van der Waals surface area contributed by atoms with Gasteiger partial charge in [-0.05, 0) is 19.1 Å². The summed E-state index contributed by atoms with van der Waals surface area (Å²) in [5.74, 6) is -0.00445. The molecule has 0 aromatic carbocycles. The Balaban J connectivity index is 2.08. The van der Waals surface area contributed by atoms with E-state index in [1.165, 1.54) is 11.3 Å². The minimum absolute atomic E-state index is 0.287. The molecular formula is C13H15N3O3S. The van der Waals surface area contributed by atoms with Crippen LogP contribution in [0.4, 0.5) is 5.13 Å². The largest absolute Gasteiger partial charge is 0.475 e. The average molecular weight is 293 g/mol. The molecule has 2 heterocycles. The number of methoxy groups -OCH3 is 1. The van der Waals surface area contributed by atoms with Crippen LogP contribution in [0.15, 0.2) is 23.7 Å². The van der Waals surface area contributed by atoms with Crippen LogP contribution in [0.1, 0.15) is 16.1 Å². The van der Waals surface area contributed by atoms with Gasteiger partial charge in [0.25, 0.3) is 5.91 Å². The van der Waals surface area contributed by atoms with Crippen LogP contribution in [0, 0.1) is 6.92 Å². The number of aromatic nitrogens is 2. The number of hydrogen-bond acceptors (Lipinski definition) is 6. The summed E-state index contributed by atoms with van der Waals surface area (Å²) in [7, 11) is 1.58. The van der Waals surface area contributed by atoms with E-state index in [2.05, 4.69) is 15.3 Å². The van der Waals surface area contributed by atoms with Crippen molar-refractivity contribution < 1.29 is 14.3 Å². The second-order valence-electron chi connectivity index (χ2n) is 3.95. The molecule has 0 saturated heterocycles. The number of anilines is 1. The fourth-order valence-electron chi connectivity index (χ4n) is 1.48. The number of nitrogens with zero attached hydrogens (tertiary/aromatic N) is 2. The van der Waals surface area contributed by atoms with Crippen molar-refractivity contribution in [3.8, 4) is 5.88 Å². The SMILES string of the molecule is COCCOc1ncccc1C(=O)Nc1nc(C)cs1. The third-order valence-corrected chi connectivity index (χ3v) is 3.26. The van der Waals surface area contributed by atoms with E-state index in [0.29, 0.717) is 23.9 Å². The molecule has 106 valence electrons. The number of thiazole rings is 1. The Hall–Kier alpha value is -1.99. The van der Waals surface area contributed by atoms with Gasteiger partial charge < -0.3 is 9.47 Å². The number of amides is 1. The lowest BCUT2D eigenvalue weighted by molar-refractivity contribution is 0.101. The molecule has 6 nitrogen and oxygen atoms in total. The number of nitrogens with one attached hydrogen (secondary N) is 1.